The third kappa shape index (κ3) is 6.90. The van der Waals surface area contributed by atoms with Crippen LogP contribution >= 0.6 is 0 Å². The van der Waals surface area contributed by atoms with Crippen molar-refractivity contribution in [1.82, 2.24) is 10.0 Å². The van der Waals surface area contributed by atoms with Gasteiger partial charge in [-0.15, -0.1) is 13.2 Å². The van der Waals surface area contributed by atoms with Gasteiger partial charge in [0.05, 0.1) is 0 Å². The number of benzene rings is 1. The second kappa shape index (κ2) is 8.79. The van der Waals surface area contributed by atoms with Crippen LogP contribution < -0.4 is 20.5 Å². The third-order valence-corrected chi connectivity index (χ3v) is 5.94. The molecular formula is C16H23F3N4O3S. The van der Waals surface area contributed by atoms with Gasteiger partial charge in [-0.25, -0.2) is 13.1 Å². The highest BCUT2D eigenvalue weighted by molar-refractivity contribution is 7.89. The Balaban J connectivity index is 1.92. The van der Waals surface area contributed by atoms with Gasteiger partial charge in [-0.3, -0.25) is 5.41 Å². The van der Waals surface area contributed by atoms with Gasteiger partial charge in [0.2, 0.25) is 10.0 Å². The summed E-state index contributed by atoms with van der Waals surface area (Å²) < 4.78 is 68.5. The summed E-state index contributed by atoms with van der Waals surface area (Å²) in [5, 5.41) is 9.93. The smallest absolute Gasteiger partial charge is 0.404 e. The van der Waals surface area contributed by atoms with E-state index in [1.165, 1.54) is 12.1 Å². The van der Waals surface area contributed by atoms with Gasteiger partial charge in [0, 0.05) is 13.1 Å². The average Bonchev–Trinajstić information content (AvgIpc) is 2.58. The first-order valence-electron chi connectivity index (χ1n) is 8.49. The van der Waals surface area contributed by atoms with Crippen molar-refractivity contribution in [2.45, 2.75) is 36.9 Å². The molecule has 0 atom stereocenters. The van der Waals surface area contributed by atoms with E-state index in [2.05, 4.69) is 14.8 Å². The number of guanidine groups is 1. The van der Waals surface area contributed by atoms with E-state index in [-0.39, 0.29) is 18.4 Å². The molecule has 0 unspecified atom stereocenters. The molecule has 1 aromatic carbocycles. The number of ether oxygens (including phenoxy) is 1. The lowest BCUT2D eigenvalue weighted by Crippen LogP contribution is -2.37. The van der Waals surface area contributed by atoms with Gasteiger partial charge >= 0.3 is 6.36 Å². The van der Waals surface area contributed by atoms with Crippen LogP contribution in [0, 0.1) is 17.2 Å². The largest absolute Gasteiger partial charge is 0.573 e. The monoisotopic (exact) mass is 408 g/mol. The molecule has 2 rings (SSSR count). The molecule has 0 amide bonds. The number of hydrogen-bond acceptors (Lipinski definition) is 4. The maximum atomic E-state index is 12.5. The van der Waals surface area contributed by atoms with Crippen molar-refractivity contribution in [3.8, 4) is 5.75 Å². The summed E-state index contributed by atoms with van der Waals surface area (Å²) in [6.45, 7) is 0.755. The molecule has 0 radical (unpaired) electrons. The first kappa shape index (κ1) is 21.3. The maximum Gasteiger partial charge on any atom is 0.573 e. The summed E-state index contributed by atoms with van der Waals surface area (Å²) in [4.78, 5) is -0.540. The molecule has 0 heterocycles. The molecular weight excluding hydrogens is 385 g/mol. The molecule has 7 nitrogen and oxygen atoms in total. The van der Waals surface area contributed by atoms with E-state index in [9.17, 15) is 21.6 Å². The lowest BCUT2D eigenvalue weighted by molar-refractivity contribution is -0.275. The van der Waals surface area contributed by atoms with Gasteiger partial charge in [-0.05, 0) is 49.7 Å². The van der Waals surface area contributed by atoms with Crippen LogP contribution in [0.1, 0.15) is 25.7 Å². The van der Waals surface area contributed by atoms with E-state index < -0.39 is 27.0 Å². The number of halogens is 3. The number of hydrogen-bond donors (Lipinski definition) is 4. The minimum Gasteiger partial charge on any atom is -0.404 e. The van der Waals surface area contributed by atoms with Gasteiger partial charge in [-0.2, -0.15) is 0 Å². The molecule has 5 N–H and O–H groups in total. The van der Waals surface area contributed by atoms with E-state index in [1.54, 1.807) is 0 Å². The molecule has 1 aliphatic rings. The Labute approximate surface area is 156 Å². The molecule has 1 aliphatic carbocycles. The first-order valence-corrected chi connectivity index (χ1v) is 9.97. The van der Waals surface area contributed by atoms with Crippen LogP contribution in [0.5, 0.6) is 5.75 Å². The van der Waals surface area contributed by atoms with Crippen molar-refractivity contribution in [2.24, 2.45) is 17.6 Å². The zero-order chi connectivity index (χ0) is 20.1. The zero-order valence-electron chi connectivity index (χ0n) is 14.6. The van der Waals surface area contributed by atoms with Crippen molar-refractivity contribution >= 4 is 16.0 Å². The summed E-state index contributed by atoms with van der Waals surface area (Å²) in [7, 11) is -4.13. The number of nitrogens with two attached hydrogens (primary N) is 1. The topological polar surface area (TPSA) is 117 Å². The highest BCUT2D eigenvalue weighted by atomic mass is 32.2. The fourth-order valence-corrected chi connectivity index (χ4v) is 4.32. The van der Waals surface area contributed by atoms with Gasteiger partial charge < -0.3 is 15.8 Å². The number of nitrogens with one attached hydrogen (secondary N) is 3. The van der Waals surface area contributed by atoms with E-state index >= 15 is 0 Å². The lowest BCUT2D eigenvalue weighted by Gasteiger charge is -2.28. The van der Waals surface area contributed by atoms with Crippen molar-refractivity contribution < 1.29 is 26.3 Å². The fourth-order valence-electron chi connectivity index (χ4n) is 3.08. The third-order valence-electron chi connectivity index (χ3n) is 4.47. The minimum atomic E-state index is -4.97. The fraction of sp³-hybridized carbons (Fsp3) is 0.562. The highest BCUT2D eigenvalue weighted by Crippen LogP contribution is 2.31. The number of sulfonamides is 1. The molecule has 152 valence electrons. The minimum absolute atomic E-state index is 0.0791. The summed E-state index contributed by atoms with van der Waals surface area (Å²) in [6.07, 6.45) is -1.68. The SMILES string of the molecule is N=C(N)NC[C@H]1CC[C@H](CNS(=O)(=O)c2ccccc2OC(F)(F)F)CC1. The Bertz CT molecular complexity index is 748. The standard InChI is InChI=1S/C16H23F3N4O3S/c17-16(18,19)26-13-3-1-2-4-14(13)27(24,25)23-10-12-7-5-11(6-8-12)9-22-15(20)21/h1-4,11-12,23H,5-10H2,(H4,20,21,22)/t11-,12-. The molecule has 0 bridgehead atoms. The normalized spacial score (nSPS) is 20.9. The molecule has 11 heteroatoms. The van der Waals surface area contributed by atoms with Crippen LogP contribution in [0.4, 0.5) is 13.2 Å². The molecule has 1 saturated carbocycles. The lowest BCUT2D eigenvalue weighted by atomic mass is 9.82. The average molecular weight is 408 g/mol. The van der Waals surface area contributed by atoms with Gasteiger partial charge in [0.15, 0.2) is 5.96 Å². The second-order valence-corrected chi connectivity index (χ2v) is 8.26. The van der Waals surface area contributed by atoms with Crippen LogP contribution in [0.25, 0.3) is 0 Å². The summed E-state index contributed by atoms with van der Waals surface area (Å²) in [6, 6.07) is 4.66. The van der Waals surface area contributed by atoms with E-state index in [0.717, 1.165) is 37.8 Å². The Morgan fingerprint density at radius 1 is 1.15 bits per heavy atom. The summed E-state index contributed by atoms with van der Waals surface area (Å²) in [5.41, 5.74) is 5.25. The Morgan fingerprint density at radius 2 is 1.70 bits per heavy atom. The zero-order valence-corrected chi connectivity index (χ0v) is 15.4. The van der Waals surface area contributed by atoms with Crippen molar-refractivity contribution in [1.29, 1.82) is 5.41 Å². The Hall–Kier alpha value is -2.01. The molecule has 0 saturated heterocycles. The molecule has 0 aliphatic heterocycles. The van der Waals surface area contributed by atoms with Crippen LogP contribution in [-0.2, 0) is 10.0 Å². The quantitative estimate of drug-likeness (QED) is 0.407. The summed E-state index contributed by atoms with van der Waals surface area (Å²) >= 11 is 0. The van der Waals surface area contributed by atoms with Crippen LogP contribution in [0.15, 0.2) is 29.2 Å². The molecule has 0 aromatic heterocycles. The van der Waals surface area contributed by atoms with E-state index in [0.29, 0.717) is 12.5 Å². The molecule has 1 aromatic rings. The van der Waals surface area contributed by atoms with Gasteiger partial charge in [0.25, 0.3) is 0 Å². The highest BCUT2D eigenvalue weighted by Gasteiger charge is 2.34. The maximum absolute atomic E-state index is 12.5. The van der Waals surface area contributed by atoms with Gasteiger partial charge in [-0.1, -0.05) is 12.1 Å². The Kier molecular flexibility index (Phi) is 6.93. The van der Waals surface area contributed by atoms with E-state index in [4.69, 9.17) is 11.1 Å². The van der Waals surface area contributed by atoms with Gasteiger partial charge in [0.1, 0.15) is 10.6 Å². The van der Waals surface area contributed by atoms with Crippen LogP contribution in [-0.4, -0.2) is 33.8 Å². The Morgan fingerprint density at radius 3 is 2.26 bits per heavy atom. The second-order valence-electron chi connectivity index (χ2n) is 6.53. The van der Waals surface area contributed by atoms with Crippen molar-refractivity contribution in [3.63, 3.8) is 0 Å². The number of alkyl halides is 3. The molecule has 1 fully saturated rings. The predicted octanol–water partition coefficient (Wildman–Crippen LogP) is 2.15. The molecule has 27 heavy (non-hydrogen) atoms. The number of rotatable bonds is 7. The van der Waals surface area contributed by atoms with Crippen molar-refractivity contribution in [2.75, 3.05) is 13.1 Å². The van der Waals surface area contributed by atoms with Crippen LogP contribution in [0.2, 0.25) is 0 Å². The first-order chi connectivity index (χ1) is 12.6. The van der Waals surface area contributed by atoms with E-state index in [1.807, 2.05) is 0 Å². The molecule has 0 spiro atoms. The summed E-state index contributed by atoms with van der Waals surface area (Å²) in [5.74, 6) is -0.368. The number of para-hydroxylation sites is 1. The van der Waals surface area contributed by atoms with Crippen molar-refractivity contribution in [3.05, 3.63) is 24.3 Å². The predicted molar refractivity (Wildman–Crippen MR) is 93.7 cm³/mol. The van der Waals surface area contributed by atoms with Crippen LogP contribution in [0.3, 0.4) is 0 Å².